The molecule has 1 saturated heterocycles. The summed E-state index contributed by atoms with van der Waals surface area (Å²) >= 11 is 0. The lowest BCUT2D eigenvalue weighted by molar-refractivity contribution is -0.136. The molecule has 0 aliphatic carbocycles. The smallest absolute Gasteiger partial charge is 0.239 e. The van der Waals surface area contributed by atoms with Crippen LogP contribution >= 0.6 is 12.4 Å². The van der Waals surface area contributed by atoms with Crippen molar-refractivity contribution < 1.29 is 14.3 Å². The lowest BCUT2D eigenvalue weighted by atomic mass is 9.95. The summed E-state index contributed by atoms with van der Waals surface area (Å²) in [5.74, 6) is 0.831. The molecule has 3 N–H and O–H groups in total. The molecule has 1 aliphatic rings. The summed E-state index contributed by atoms with van der Waals surface area (Å²) in [5.41, 5.74) is 6.94. The number of methoxy groups -OCH3 is 1. The first kappa shape index (κ1) is 22.3. The highest BCUT2D eigenvalue weighted by molar-refractivity contribution is 5.85. The van der Waals surface area contributed by atoms with Crippen molar-refractivity contribution in [3.8, 4) is 5.75 Å². The number of hydrogen-bond donors (Lipinski definition) is 2. The van der Waals surface area contributed by atoms with Gasteiger partial charge in [0.15, 0.2) is 0 Å². The average Bonchev–Trinajstić information content (AvgIpc) is 2.66. The minimum Gasteiger partial charge on any atom is -0.497 e. The third-order valence-electron chi connectivity index (χ3n) is 4.72. The van der Waals surface area contributed by atoms with Gasteiger partial charge in [-0.2, -0.15) is 0 Å². The number of nitrogens with one attached hydrogen (secondary N) is 1. The number of carbonyl (C=O) groups excluding carboxylic acids is 2. The third-order valence-corrected chi connectivity index (χ3v) is 4.72. The van der Waals surface area contributed by atoms with E-state index in [0.29, 0.717) is 38.9 Å². The molecule has 2 amide bonds. The van der Waals surface area contributed by atoms with Crippen LogP contribution in [-0.2, 0) is 16.1 Å². The number of ether oxygens (including phenoxy) is 1. The van der Waals surface area contributed by atoms with E-state index < -0.39 is 6.04 Å². The second kappa shape index (κ2) is 11.0. The minimum atomic E-state index is -0.412. The number of carbonyl (C=O) groups is 2. The number of halogens is 1. The Labute approximate surface area is 161 Å². The zero-order valence-electron chi connectivity index (χ0n) is 15.6. The Hall–Kier alpha value is -1.79. The number of nitrogens with two attached hydrogens (primary N) is 1. The SMILES string of the molecule is CCCC(N)C(=O)N1CCC(C(=O)NCc2ccc(OC)cc2)CC1.Cl. The van der Waals surface area contributed by atoms with E-state index in [4.69, 9.17) is 10.5 Å². The highest BCUT2D eigenvalue weighted by atomic mass is 35.5. The van der Waals surface area contributed by atoms with E-state index in [1.165, 1.54) is 0 Å². The number of hydrogen-bond acceptors (Lipinski definition) is 4. The third kappa shape index (κ3) is 6.18. The van der Waals surface area contributed by atoms with Gasteiger partial charge >= 0.3 is 0 Å². The maximum absolute atomic E-state index is 12.3. The Morgan fingerprint density at radius 1 is 1.27 bits per heavy atom. The lowest BCUT2D eigenvalue weighted by Crippen LogP contribution is -2.48. The quantitative estimate of drug-likeness (QED) is 0.755. The van der Waals surface area contributed by atoms with Crippen LogP contribution in [0.1, 0.15) is 38.2 Å². The fourth-order valence-electron chi connectivity index (χ4n) is 3.11. The molecule has 0 saturated carbocycles. The number of amides is 2. The van der Waals surface area contributed by atoms with Crippen molar-refractivity contribution in [3.63, 3.8) is 0 Å². The standard InChI is InChI=1S/C19H29N3O3.ClH/c1-3-4-17(20)19(24)22-11-9-15(10-12-22)18(23)21-13-14-5-7-16(25-2)8-6-14;/h5-8,15,17H,3-4,9-13,20H2,1-2H3,(H,21,23);1H. The highest BCUT2D eigenvalue weighted by Crippen LogP contribution is 2.19. The summed E-state index contributed by atoms with van der Waals surface area (Å²) in [4.78, 5) is 26.4. The van der Waals surface area contributed by atoms with Crippen LogP contribution in [0.5, 0.6) is 5.75 Å². The number of rotatable bonds is 7. The zero-order chi connectivity index (χ0) is 18.2. The van der Waals surface area contributed by atoms with Crippen LogP contribution in [0.15, 0.2) is 24.3 Å². The molecule has 1 atom stereocenters. The molecule has 1 aliphatic heterocycles. The van der Waals surface area contributed by atoms with Gasteiger partial charge in [-0.05, 0) is 37.0 Å². The van der Waals surface area contributed by atoms with Crippen molar-refractivity contribution in [2.75, 3.05) is 20.2 Å². The molecular formula is C19H30ClN3O3. The summed E-state index contributed by atoms with van der Waals surface area (Å²) in [6.07, 6.45) is 3.00. The molecule has 2 rings (SSSR count). The molecule has 146 valence electrons. The molecule has 1 aromatic rings. The second-order valence-electron chi connectivity index (χ2n) is 6.56. The highest BCUT2D eigenvalue weighted by Gasteiger charge is 2.29. The van der Waals surface area contributed by atoms with E-state index in [0.717, 1.165) is 17.7 Å². The summed E-state index contributed by atoms with van der Waals surface area (Å²) in [5, 5.41) is 2.99. The van der Waals surface area contributed by atoms with Crippen molar-refractivity contribution in [1.82, 2.24) is 10.2 Å². The zero-order valence-corrected chi connectivity index (χ0v) is 16.4. The predicted octanol–water partition coefficient (Wildman–Crippen LogP) is 2.10. The van der Waals surface area contributed by atoms with E-state index in [1.807, 2.05) is 31.2 Å². The lowest BCUT2D eigenvalue weighted by Gasteiger charge is -2.33. The Bertz CT molecular complexity index is 572. The first-order chi connectivity index (χ1) is 12.0. The van der Waals surface area contributed by atoms with Crippen LogP contribution in [0.3, 0.4) is 0 Å². The van der Waals surface area contributed by atoms with Gasteiger partial charge in [0.2, 0.25) is 11.8 Å². The van der Waals surface area contributed by atoms with Crippen LogP contribution in [-0.4, -0.2) is 43.0 Å². The van der Waals surface area contributed by atoms with Gasteiger partial charge in [-0.25, -0.2) is 0 Å². The molecule has 26 heavy (non-hydrogen) atoms. The van der Waals surface area contributed by atoms with Crippen LogP contribution in [0.25, 0.3) is 0 Å². The molecule has 1 fully saturated rings. The van der Waals surface area contributed by atoms with Crippen molar-refractivity contribution in [1.29, 1.82) is 0 Å². The average molecular weight is 384 g/mol. The summed E-state index contributed by atoms with van der Waals surface area (Å²) in [6, 6.07) is 7.23. The Morgan fingerprint density at radius 2 is 1.88 bits per heavy atom. The fourth-order valence-corrected chi connectivity index (χ4v) is 3.11. The van der Waals surface area contributed by atoms with Gasteiger partial charge < -0.3 is 20.7 Å². The molecule has 6 nitrogen and oxygen atoms in total. The fraction of sp³-hybridized carbons (Fsp3) is 0.579. The van der Waals surface area contributed by atoms with E-state index in [9.17, 15) is 9.59 Å². The van der Waals surface area contributed by atoms with Crippen LogP contribution in [0.2, 0.25) is 0 Å². The monoisotopic (exact) mass is 383 g/mol. The number of piperidine rings is 1. The van der Waals surface area contributed by atoms with E-state index in [-0.39, 0.29) is 30.1 Å². The molecular weight excluding hydrogens is 354 g/mol. The number of benzene rings is 1. The van der Waals surface area contributed by atoms with Crippen LogP contribution < -0.4 is 15.8 Å². The predicted molar refractivity (Wildman–Crippen MR) is 104 cm³/mol. The molecule has 1 aromatic carbocycles. The first-order valence-corrected chi connectivity index (χ1v) is 9.00. The van der Waals surface area contributed by atoms with Gasteiger partial charge in [-0.1, -0.05) is 25.5 Å². The number of likely N-dealkylation sites (tertiary alicyclic amines) is 1. The summed E-state index contributed by atoms with van der Waals surface area (Å²) < 4.78 is 5.12. The van der Waals surface area contributed by atoms with Gasteiger partial charge in [0.05, 0.1) is 13.2 Å². The number of nitrogens with zero attached hydrogens (tertiary/aromatic N) is 1. The van der Waals surface area contributed by atoms with Crippen molar-refractivity contribution in [2.45, 2.75) is 45.2 Å². The Morgan fingerprint density at radius 3 is 2.42 bits per heavy atom. The molecule has 7 heteroatoms. The van der Waals surface area contributed by atoms with E-state index in [2.05, 4.69) is 5.32 Å². The molecule has 1 unspecified atom stereocenters. The van der Waals surface area contributed by atoms with E-state index in [1.54, 1.807) is 12.0 Å². The van der Waals surface area contributed by atoms with Crippen molar-refractivity contribution in [2.24, 2.45) is 11.7 Å². The summed E-state index contributed by atoms with van der Waals surface area (Å²) in [7, 11) is 1.63. The van der Waals surface area contributed by atoms with Crippen molar-refractivity contribution >= 4 is 24.2 Å². The van der Waals surface area contributed by atoms with Gasteiger partial charge in [0.1, 0.15) is 5.75 Å². The molecule has 0 radical (unpaired) electrons. The maximum Gasteiger partial charge on any atom is 0.239 e. The molecule has 0 bridgehead atoms. The second-order valence-corrected chi connectivity index (χ2v) is 6.56. The van der Waals surface area contributed by atoms with Crippen LogP contribution in [0, 0.1) is 5.92 Å². The largest absolute Gasteiger partial charge is 0.497 e. The molecule has 1 heterocycles. The maximum atomic E-state index is 12.3. The minimum absolute atomic E-state index is 0. The van der Waals surface area contributed by atoms with Gasteiger partial charge in [-0.3, -0.25) is 9.59 Å². The summed E-state index contributed by atoms with van der Waals surface area (Å²) in [6.45, 7) is 3.74. The van der Waals surface area contributed by atoms with Crippen LogP contribution in [0.4, 0.5) is 0 Å². The Kier molecular flexibility index (Phi) is 9.44. The van der Waals surface area contributed by atoms with Gasteiger partial charge in [0.25, 0.3) is 0 Å². The van der Waals surface area contributed by atoms with Gasteiger partial charge in [0, 0.05) is 25.6 Å². The van der Waals surface area contributed by atoms with Gasteiger partial charge in [-0.15, -0.1) is 12.4 Å². The normalized spacial score (nSPS) is 15.7. The first-order valence-electron chi connectivity index (χ1n) is 9.00. The molecule has 0 aromatic heterocycles. The van der Waals surface area contributed by atoms with Crippen molar-refractivity contribution in [3.05, 3.63) is 29.8 Å². The Balaban J connectivity index is 0.00000338. The molecule has 0 spiro atoms. The van der Waals surface area contributed by atoms with E-state index >= 15 is 0 Å². The topological polar surface area (TPSA) is 84.7 Å².